The van der Waals surface area contributed by atoms with E-state index in [1.807, 2.05) is 40.1 Å². The third-order valence-electron chi connectivity index (χ3n) is 22.7. The van der Waals surface area contributed by atoms with Crippen molar-refractivity contribution in [2.45, 2.75) is 176 Å². The molecule has 8 fully saturated rings. The molecular weight excluding hydrogens is 1580 g/mol. The number of aryl methyl sites for hydroxylation is 1. The van der Waals surface area contributed by atoms with Crippen LogP contribution < -0.4 is 31.3 Å². The van der Waals surface area contributed by atoms with Crippen LogP contribution in [0.1, 0.15) is 133 Å². The van der Waals surface area contributed by atoms with Crippen LogP contribution in [-0.2, 0) is 40.4 Å². The molecule has 0 saturated carbocycles. The Balaban J connectivity index is -0.000000305. The van der Waals surface area contributed by atoms with Crippen LogP contribution in [-0.4, -0.2) is 552 Å². The van der Waals surface area contributed by atoms with E-state index in [2.05, 4.69) is 259 Å². The number of methoxy groups -OCH3 is 3. The van der Waals surface area contributed by atoms with Crippen LogP contribution in [0, 0.1) is 0 Å². The Hall–Kier alpha value is -3.79. The van der Waals surface area contributed by atoms with E-state index in [1.165, 1.54) is 170 Å². The summed E-state index contributed by atoms with van der Waals surface area (Å²) in [5.74, 6) is 1.51. The molecule has 0 unspecified atom stereocenters. The normalized spacial score (nSPS) is 17.5. The number of Topliss-reactive ketones (excluding diaryl/α,β-unsaturated/α-hetero) is 1. The fourth-order valence-corrected chi connectivity index (χ4v) is 13.2. The number of hydrogen-bond donors (Lipinski definition) is 5. The number of morpholine rings is 1. The van der Waals surface area contributed by atoms with E-state index in [1.54, 1.807) is 90.4 Å². The quantitative estimate of drug-likeness (QED) is 0.0804. The van der Waals surface area contributed by atoms with Gasteiger partial charge in [0, 0.05) is 230 Å². The summed E-state index contributed by atoms with van der Waals surface area (Å²) in [6, 6.07) is 4.75. The predicted octanol–water partition coefficient (Wildman–Crippen LogP) is 4.68. The number of nitrogens with one attached hydrogen (secondary N) is 5. The van der Waals surface area contributed by atoms with Crippen molar-refractivity contribution in [2.24, 2.45) is 7.05 Å². The molecule has 125 heavy (non-hydrogen) atoms. The first-order chi connectivity index (χ1) is 59.1. The highest BCUT2D eigenvalue weighted by Gasteiger charge is 2.28. The summed E-state index contributed by atoms with van der Waals surface area (Å²) in [5.41, 5.74) is 0. The third-order valence-corrected chi connectivity index (χ3v) is 22.7. The average Bonchev–Trinajstić information content (AvgIpc) is 1.28. The molecule has 32 heteroatoms. The lowest BCUT2D eigenvalue weighted by atomic mass is 10.0. The Kier molecular flexibility index (Phi) is 93.1. The van der Waals surface area contributed by atoms with Gasteiger partial charge in [0.15, 0.2) is 5.75 Å². The lowest BCUT2D eigenvalue weighted by Gasteiger charge is -2.42. The fraction of sp³-hybridized carbons (Fsp3) is 0.925. The second kappa shape index (κ2) is 88.2. The topological polar surface area (TPSA) is 238 Å². The van der Waals surface area contributed by atoms with Crippen molar-refractivity contribution in [3.05, 3.63) is 12.4 Å². The molecule has 0 radical (unpaired) electrons. The fourth-order valence-electron chi connectivity index (χ4n) is 13.2. The molecule has 0 aromatic carbocycles. The predicted molar refractivity (Wildman–Crippen MR) is 534 cm³/mol. The minimum atomic E-state index is 0.167. The summed E-state index contributed by atoms with van der Waals surface area (Å²) in [6.45, 7) is 55.6. The van der Waals surface area contributed by atoms with Gasteiger partial charge >= 0.3 is 0 Å². The molecule has 8 aliphatic heterocycles. The second-order valence-corrected chi connectivity index (χ2v) is 35.1. The zero-order chi connectivity index (χ0) is 96.8. The first-order valence-corrected chi connectivity index (χ1v) is 47.2. The van der Waals surface area contributed by atoms with Gasteiger partial charge in [0.1, 0.15) is 5.78 Å². The van der Waals surface area contributed by atoms with Crippen molar-refractivity contribution >= 4 is 23.5 Å². The van der Waals surface area contributed by atoms with E-state index >= 15 is 0 Å². The van der Waals surface area contributed by atoms with Crippen LogP contribution in [0.2, 0.25) is 0 Å². The SMILES string of the molecule is CC(C)=O.CCN(C)C1CN(C)C1.CCN(CC)C1CCN(C)CC1.CCN(CC)C1CN(C)C1.CCN(CC)CCNC.CN(C)CCN(C)C.CN1CC(N(C)C)C1.CN1CCOCC1.CNC1CCN(C(C)=O)CC1.CNC1CCN(C)CC1.CNCCC(=O)N(C)C.CNCCC(=O)N(C)C.COC.COC1CCN(C)CC1.COc1cnn(C)c1. The molecule has 0 spiro atoms. The van der Waals surface area contributed by atoms with Gasteiger partial charge in [0.2, 0.25) is 17.7 Å². The maximum absolute atomic E-state index is 10.9. The average molecular weight is 1790 g/mol. The van der Waals surface area contributed by atoms with Crippen LogP contribution in [0.5, 0.6) is 5.75 Å². The number of rotatable bonds is 27. The molecule has 8 saturated heterocycles. The highest BCUT2D eigenvalue weighted by molar-refractivity contribution is 5.76. The Bertz CT molecular complexity index is 2380. The van der Waals surface area contributed by atoms with E-state index in [9.17, 15) is 19.2 Å². The van der Waals surface area contributed by atoms with E-state index < -0.39 is 0 Å². The van der Waals surface area contributed by atoms with Crippen molar-refractivity contribution in [1.82, 2.24) is 120 Å². The molecule has 32 nitrogen and oxygen atoms in total. The number of likely N-dealkylation sites (N-methyl/N-ethyl adjacent to an activating group) is 11. The third kappa shape index (κ3) is 80.8. The molecule has 5 N–H and O–H groups in total. The lowest BCUT2D eigenvalue weighted by molar-refractivity contribution is -0.130. The molecule has 750 valence electrons. The summed E-state index contributed by atoms with van der Waals surface area (Å²) in [6.07, 6.45) is 15.1. The number of amides is 3. The zero-order valence-corrected chi connectivity index (χ0v) is 89.0. The maximum atomic E-state index is 10.9. The summed E-state index contributed by atoms with van der Waals surface area (Å²) in [5, 5.41) is 19.3. The Morgan fingerprint density at radius 2 is 0.776 bits per heavy atom. The molecule has 3 amide bonds. The highest BCUT2D eigenvalue weighted by atomic mass is 16.5. The van der Waals surface area contributed by atoms with Crippen molar-refractivity contribution in [2.75, 3.05) is 394 Å². The van der Waals surface area contributed by atoms with Gasteiger partial charge in [-0.3, -0.25) is 24.0 Å². The summed E-state index contributed by atoms with van der Waals surface area (Å²) < 4.78 is 21.1. The molecule has 1 aromatic rings. The van der Waals surface area contributed by atoms with Gasteiger partial charge in [-0.2, -0.15) is 5.10 Å². The van der Waals surface area contributed by atoms with Gasteiger partial charge < -0.3 is 129 Å². The molecule has 0 atom stereocenters. The number of ether oxygens (including phenoxy) is 4. The van der Waals surface area contributed by atoms with Crippen LogP contribution in [0.25, 0.3) is 0 Å². The van der Waals surface area contributed by atoms with Crippen LogP contribution >= 0.6 is 0 Å². The molecule has 1 aromatic heterocycles. The number of likely N-dealkylation sites (tertiary alicyclic amines) is 7. The van der Waals surface area contributed by atoms with Gasteiger partial charge in [0.05, 0.1) is 38.8 Å². The van der Waals surface area contributed by atoms with Gasteiger partial charge in [-0.1, -0.05) is 48.5 Å². The number of hydrogen-bond acceptors (Lipinski definition) is 28. The molecule has 9 heterocycles. The van der Waals surface area contributed by atoms with E-state index in [0.29, 0.717) is 25.0 Å². The Morgan fingerprint density at radius 3 is 1.03 bits per heavy atom. The van der Waals surface area contributed by atoms with Crippen molar-refractivity contribution in [1.29, 1.82) is 0 Å². The van der Waals surface area contributed by atoms with Crippen molar-refractivity contribution < 1.29 is 38.1 Å². The number of piperidine rings is 4. The smallest absolute Gasteiger partial charge is 0.223 e. The molecule has 0 bridgehead atoms. The van der Waals surface area contributed by atoms with Crippen molar-refractivity contribution in [3.8, 4) is 5.75 Å². The summed E-state index contributed by atoms with van der Waals surface area (Å²) >= 11 is 0. The van der Waals surface area contributed by atoms with Crippen LogP contribution in [0.4, 0.5) is 0 Å². The number of aromatic nitrogens is 2. The number of carbonyl (C=O) groups excluding carboxylic acids is 4. The monoisotopic (exact) mass is 1790 g/mol. The molecule has 0 aliphatic carbocycles. The first-order valence-electron chi connectivity index (χ1n) is 47.2. The van der Waals surface area contributed by atoms with Gasteiger partial charge in [-0.05, 0) is 271 Å². The van der Waals surface area contributed by atoms with Crippen LogP contribution in [0.15, 0.2) is 12.4 Å². The minimum absolute atomic E-state index is 0.167. The Labute approximate surface area is 772 Å². The summed E-state index contributed by atoms with van der Waals surface area (Å²) in [7, 11) is 55.3. The van der Waals surface area contributed by atoms with E-state index in [4.69, 9.17) is 14.2 Å². The molecule has 8 aliphatic rings. The van der Waals surface area contributed by atoms with Gasteiger partial charge in [0.25, 0.3) is 0 Å². The van der Waals surface area contributed by atoms with Gasteiger partial charge in [-0.15, -0.1) is 0 Å². The van der Waals surface area contributed by atoms with Crippen molar-refractivity contribution in [3.63, 3.8) is 0 Å². The number of carbonyl (C=O) groups is 4. The minimum Gasteiger partial charge on any atom is -0.493 e. The number of nitrogens with zero attached hydrogens (tertiary/aromatic N) is 19. The number of ketones is 1. The Morgan fingerprint density at radius 1 is 0.432 bits per heavy atom. The lowest BCUT2D eigenvalue weighted by Crippen LogP contribution is -2.57. The zero-order valence-electron chi connectivity index (χ0n) is 89.0. The molecule has 9 rings (SSSR count). The second-order valence-electron chi connectivity index (χ2n) is 35.1. The van der Waals surface area contributed by atoms with Gasteiger partial charge in [-0.25, -0.2) is 0 Å². The van der Waals surface area contributed by atoms with Crippen LogP contribution in [0.3, 0.4) is 0 Å². The standard InChI is InChI=1S/C10H22N2.C8H16N2O.C8H18N2.2C7H16N2.C7H18N2.C7H15NO.2C6H14N2O.C6H14N2.C6H16N2.C5H8N2O.C5H11NO.C3H6O.C2H6O/c1-4-12(5-2)10-6-8-11(3)9-7-10;1-7(11)10-5-3-8(9-2)4-6-10;1-4-10(5-2)8-6-9(3)7-8;1-8-7-3-5-9(2)6-4-7;1-4-9(3)7-5-8(2)6-7;1-4-9(5-2)7-6-8-3;1-8-5-3-7(9-2)4-6-8;2*1-7-5-4-6(9)8(2)3;1-7(2)6-4-8(3)5-6;1-7(2)5-6-8(3)4;1-7-4-5(8-2)3-6-7;1-6-2-4-7-5-3-6;1-3(2)4;1-3-2/h10H,4-9H2,1-3H3;8-9H,3-6H2,1-2H3;8H,4-7H2,1-3H3;7-8H,3-6H2,1-2H3;7H,4-6H2,1-3H3;8H,4-7H2,1-3H3;7H,3-6H2,1-2H3;2*7H,4-5H2,1-3H3;6H,4-5H2,1-3H3;5-6H2,1-4H3;3-4H,1-2H3;2-5H2,1H3;1-2H3;1-2H3. The molecular formula is C93H210N24O8. The maximum Gasteiger partial charge on any atom is 0.223 e. The summed E-state index contributed by atoms with van der Waals surface area (Å²) in [4.78, 5) is 80.0. The first kappa shape index (κ1) is 132. The van der Waals surface area contributed by atoms with E-state index in [-0.39, 0.29) is 23.5 Å². The highest BCUT2D eigenvalue weighted by Crippen LogP contribution is 2.17. The van der Waals surface area contributed by atoms with E-state index in [0.717, 1.165) is 134 Å². The largest absolute Gasteiger partial charge is 0.493 e.